The van der Waals surface area contributed by atoms with E-state index in [9.17, 15) is 4.79 Å². The van der Waals surface area contributed by atoms with Crippen LogP contribution in [0.4, 0.5) is 0 Å². The summed E-state index contributed by atoms with van der Waals surface area (Å²) >= 11 is 0. The van der Waals surface area contributed by atoms with Gasteiger partial charge >= 0.3 is 0 Å². The van der Waals surface area contributed by atoms with Gasteiger partial charge in [0.2, 0.25) is 5.91 Å². The van der Waals surface area contributed by atoms with Crippen LogP contribution in [0.1, 0.15) is 19.5 Å². The molecular formula is C11H20N4O. The van der Waals surface area contributed by atoms with Gasteiger partial charge in [-0.15, -0.1) is 0 Å². The second-order valence-electron chi connectivity index (χ2n) is 4.21. The van der Waals surface area contributed by atoms with Crippen LogP contribution in [0, 0.1) is 5.92 Å². The summed E-state index contributed by atoms with van der Waals surface area (Å²) in [6.45, 7) is 6.36. The van der Waals surface area contributed by atoms with E-state index in [1.807, 2.05) is 4.57 Å². The third-order valence-electron chi connectivity index (χ3n) is 2.25. The Morgan fingerprint density at radius 2 is 2.31 bits per heavy atom. The third-order valence-corrected chi connectivity index (χ3v) is 2.25. The van der Waals surface area contributed by atoms with Gasteiger partial charge in [-0.05, 0) is 12.5 Å². The van der Waals surface area contributed by atoms with Crippen molar-refractivity contribution >= 4 is 5.91 Å². The molecule has 1 rings (SSSR count). The minimum atomic E-state index is -0.0110. The summed E-state index contributed by atoms with van der Waals surface area (Å²) < 4.78 is 1.85. The number of carbonyl (C=O) groups is 1. The van der Waals surface area contributed by atoms with E-state index in [1.54, 1.807) is 19.6 Å². The molecule has 0 radical (unpaired) electrons. The predicted molar refractivity (Wildman–Crippen MR) is 62.8 cm³/mol. The number of nitrogens with one attached hydrogen (secondary N) is 2. The maximum atomic E-state index is 11.2. The number of carbonyl (C=O) groups excluding carboxylic acids is 1. The lowest BCUT2D eigenvalue weighted by Gasteiger charge is -2.09. The molecule has 0 saturated carbocycles. The van der Waals surface area contributed by atoms with E-state index in [2.05, 4.69) is 29.5 Å². The van der Waals surface area contributed by atoms with E-state index in [0.29, 0.717) is 12.5 Å². The molecule has 1 aromatic heterocycles. The monoisotopic (exact) mass is 224 g/mol. The fraction of sp³-hybridized carbons (Fsp3) is 0.636. The maximum absolute atomic E-state index is 11.2. The summed E-state index contributed by atoms with van der Waals surface area (Å²) in [5.74, 6) is 0.610. The van der Waals surface area contributed by atoms with Crippen molar-refractivity contribution in [3.63, 3.8) is 0 Å². The van der Waals surface area contributed by atoms with E-state index >= 15 is 0 Å². The molecule has 0 bridgehead atoms. The molecule has 1 amide bonds. The van der Waals surface area contributed by atoms with Crippen molar-refractivity contribution in [3.05, 3.63) is 18.2 Å². The first-order valence-electron chi connectivity index (χ1n) is 5.53. The van der Waals surface area contributed by atoms with Crippen LogP contribution < -0.4 is 10.6 Å². The highest BCUT2D eigenvalue weighted by molar-refractivity contribution is 5.75. The zero-order valence-corrected chi connectivity index (χ0v) is 10.2. The van der Waals surface area contributed by atoms with Gasteiger partial charge in [0.05, 0.1) is 12.0 Å². The lowest BCUT2D eigenvalue weighted by molar-refractivity contribution is -0.121. The number of rotatable bonds is 6. The fourth-order valence-corrected chi connectivity index (χ4v) is 1.36. The molecule has 0 aliphatic rings. The molecule has 0 fully saturated rings. The van der Waals surface area contributed by atoms with Crippen molar-refractivity contribution in [1.29, 1.82) is 0 Å². The summed E-state index contributed by atoms with van der Waals surface area (Å²) in [6.07, 6.45) is 3.47. The van der Waals surface area contributed by atoms with Gasteiger partial charge in [0.15, 0.2) is 0 Å². The lowest BCUT2D eigenvalue weighted by Crippen LogP contribution is -2.26. The van der Waals surface area contributed by atoms with Crippen molar-refractivity contribution < 1.29 is 4.79 Å². The van der Waals surface area contributed by atoms with Crippen LogP contribution in [0.25, 0.3) is 0 Å². The van der Waals surface area contributed by atoms with Gasteiger partial charge in [-0.1, -0.05) is 13.8 Å². The normalized spacial score (nSPS) is 10.8. The Balaban J connectivity index is 2.47. The molecule has 0 spiro atoms. The standard InChI is InChI=1S/C11H20N4O/c1-9(2)4-13-5-10-6-14-8-15(10)7-11(16)12-3/h6,8-9,13H,4-5,7H2,1-3H3,(H,12,16). The predicted octanol–water partition coefficient (Wildman–Crippen LogP) is 0.375. The van der Waals surface area contributed by atoms with Crippen molar-refractivity contribution in [2.75, 3.05) is 13.6 Å². The van der Waals surface area contributed by atoms with E-state index in [4.69, 9.17) is 0 Å². The summed E-state index contributed by atoms with van der Waals surface area (Å²) in [4.78, 5) is 15.3. The van der Waals surface area contributed by atoms with Gasteiger partial charge in [0, 0.05) is 19.8 Å². The van der Waals surface area contributed by atoms with Crippen molar-refractivity contribution in [1.82, 2.24) is 20.2 Å². The average Bonchev–Trinajstić information content (AvgIpc) is 2.65. The SMILES string of the molecule is CNC(=O)Cn1cncc1CNCC(C)C. The molecule has 0 atom stereocenters. The Bertz CT molecular complexity index is 332. The van der Waals surface area contributed by atoms with Crippen LogP contribution in [0.2, 0.25) is 0 Å². The first-order valence-corrected chi connectivity index (χ1v) is 5.53. The van der Waals surface area contributed by atoms with E-state index in [1.165, 1.54) is 0 Å². The Morgan fingerprint density at radius 3 is 2.94 bits per heavy atom. The quantitative estimate of drug-likeness (QED) is 0.734. The number of nitrogens with zero attached hydrogens (tertiary/aromatic N) is 2. The van der Waals surface area contributed by atoms with Crippen LogP contribution in [0.15, 0.2) is 12.5 Å². The van der Waals surface area contributed by atoms with Gasteiger partial charge in [0.25, 0.3) is 0 Å². The van der Waals surface area contributed by atoms with Gasteiger partial charge in [-0.2, -0.15) is 0 Å². The largest absolute Gasteiger partial charge is 0.358 e. The molecule has 0 aromatic carbocycles. The van der Waals surface area contributed by atoms with E-state index in [-0.39, 0.29) is 5.91 Å². The molecule has 1 aromatic rings. The minimum Gasteiger partial charge on any atom is -0.358 e. The molecule has 2 N–H and O–H groups in total. The van der Waals surface area contributed by atoms with Crippen molar-refractivity contribution in [3.8, 4) is 0 Å². The number of aromatic nitrogens is 2. The Morgan fingerprint density at radius 1 is 1.56 bits per heavy atom. The highest BCUT2D eigenvalue weighted by Crippen LogP contribution is 1.99. The zero-order valence-electron chi connectivity index (χ0n) is 10.2. The molecule has 5 heteroatoms. The van der Waals surface area contributed by atoms with Crippen LogP contribution in [0.3, 0.4) is 0 Å². The topological polar surface area (TPSA) is 59.0 Å². The zero-order chi connectivity index (χ0) is 12.0. The molecular weight excluding hydrogens is 204 g/mol. The highest BCUT2D eigenvalue weighted by Gasteiger charge is 2.05. The van der Waals surface area contributed by atoms with E-state index < -0.39 is 0 Å². The van der Waals surface area contributed by atoms with Crippen LogP contribution >= 0.6 is 0 Å². The van der Waals surface area contributed by atoms with Crippen LogP contribution in [-0.4, -0.2) is 29.1 Å². The third kappa shape index (κ3) is 4.02. The van der Waals surface area contributed by atoms with Gasteiger partial charge in [0.1, 0.15) is 6.54 Å². The number of hydrogen-bond donors (Lipinski definition) is 2. The number of amides is 1. The highest BCUT2D eigenvalue weighted by atomic mass is 16.1. The molecule has 1 heterocycles. The molecule has 90 valence electrons. The number of likely N-dealkylation sites (N-methyl/N-ethyl adjacent to an activating group) is 1. The number of hydrogen-bond acceptors (Lipinski definition) is 3. The Kier molecular flexibility index (Phi) is 4.98. The molecule has 5 nitrogen and oxygen atoms in total. The maximum Gasteiger partial charge on any atom is 0.239 e. The van der Waals surface area contributed by atoms with Crippen molar-refractivity contribution in [2.45, 2.75) is 26.9 Å². The number of imidazole rings is 1. The molecule has 0 unspecified atom stereocenters. The summed E-state index contributed by atoms with van der Waals surface area (Å²) in [6, 6.07) is 0. The van der Waals surface area contributed by atoms with E-state index in [0.717, 1.165) is 18.8 Å². The minimum absolute atomic E-state index is 0.0110. The molecule has 0 saturated heterocycles. The Labute approximate surface area is 96.3 Å². The van der Waals surface area contributed by atoms with Gasteiger partial charge in [-0.3, -0.25) is 4.79 Å². The summed E-state index contributed by atoms with van der Waals surface area (Å²) in [5, 5.41) is 5.92. The fourth-order valence-electron chi connectivity index (χ4n) is 1.36. The van der Waals surface area contributed by atoms with Crippen molar-refractivity contribution in [2.24, 2.45) is 5.92 Å². The Hall–Kier alpha value is -1.36. The van der Waals surface area contributed by atoms with Crippen LogP contribution in [-0.2, 0) is 17.9 Å². The first kappa shape index (κ1) is 12.7. The lowest BCUT2D eigenvalue weighted by atomic mass is 10.2. The van der Waals surface area contributed by atoms with Gasteiger partial charge in [-0.25, -0.2) is 4.98 Å². The average molecular weight is 224 g/mol. The first-order chi connectivity index (χ1) is 7.63. The summed E-state index contributed by atoms with van der Waals surface area (Å²) in [7, 11) is 1.63. The van der Waals surface area contributed by atoms with Crippen LogP contribution in [0.5, 0.6) is 0 Å². The van der Waals surface area contributed by atoms with Gasteiger partial charge < -0.3 is 15.2 Å². The smallest absolute Gasteiger partial charge is 0.239 e. The second-order valence-corrected chi connectivity index (χ2v) is 4.21. The molecule has 0 aliphatic carbocycles. The second kappa shape index (κ2) is 6.27. The summed E-state index contributed by atoms with van der Waals surface area (Å²) in [5.41, 5.74) is 1.03. The molecule has 0 aliphatic heterocycles. The molecule has 16 heavy (non-hydrogen) atoms.